The quantitative estimate of drug-likeness (QED) is 0.511. The third-order valence-corrected chi connectivity index (χ3v) is 1.05. The van der Waals surface area contributed by atoms with Gasteiger partial charge in [0.05, 0.1) is 13.7 Å². The van der Waals surface area contributed by atoms with Crippen LogP contribution in [0.15, 0.2) is 0 Å². The van der Waals surface area contributed by atoms with E-state index in [2.05, 4.69) is 4.84 Å². The van der Waals surface area contributed by atoms with E-state index < -0.39 is 0 Å². The molecule has 0 spiro atoms. The summed E-state index contributed by atoms with van der Waals surface area (Å²) in [5, 5.41) is 11.9. The van der Waals surface area contributed by atoms with E-state index in [0.717, 1.165) is 13.0 Å². The van der Waals surface area contributed by atoms with Crippen LogP contribution in [-0.4, -0.2) is 25.7 Å². The third kappa shape index (κ3) is 3.42. The molecule has 9 heavy (non-hydrogen) atoms. The molecule has 0 fully saturated rings. The highest BCUT2D eigenvalue weighted by Crippen LogP contribution is 1.74. The van der Waals surface area contributed by atoms with Crippen molar-refractivity contribution in [3.63, 3.8) is 0 Å². The summed E-state index contributed by atoms with van der Waals surface area (Å²) < 4.78 is 0. The molecular formula is C5H14N2O2. The van der Waals surface area contributed by atoms with Crippen LogP contribution in [0.2, 0.25) is 0 Å². The molecule has 1 N–H and O–H groups in total. The zero-order valence-corrected chi connectivity index (χ0v) is 6.18. The number of rotatable bonds is 4. The first kappa shape index (κ1) is 8.84. The molecule has 0 aromatic carbocycles. The highest BCUT2D eigenvalue weighted by molar-refractivity contribution is 4.28. The molecule has 0 aromatic rings. The average Bonchev–Trinajstić information content (AvgIpc) is 1.87. The molecule has 0 aromatic heterocycles. The number of nitrogens with zero attached hydrogens (tertiary/aromatic N) is 1. The highest BCUT2D eigenvalue weighted by Gasteiger charge is 2.01. The molecule has 0 rings (SSSR count). The fourth-order valence-electron chi connectivity index (χ4n) is 0.583. The van der Waals surface area contributed by atoms with Gasteiger partial charge in [0.15, 0.2) is 0 Å². The van der Waals surface area contributed by atoms with Crippen LogP contribution in [0.25, 0.3) is 0 Å². The van der Waals surface area contributed by atoms with Gasteiger partial charge in [0.2, 0.25) is 0 Å². The molecule has 0 amide bonds. The summed E-state index contributed by atoms with van der Waals surface area (Å²) in [6, 6.07) is 0. The van der Waals surface area contributed by atoms with Crippen molar-refractivity contribution in [3.8, 4) is 0 Å². The summed E-state index contributed by atoms with van der Waals surface area (Å²) in [5.74, 6) is 0. The summed E-state index contributed by atoms with van der Waals surface area (Å²) in [4.78, 5) is 4.45. The van der Waals surface area contributed by atoms with Crippen LogP contribution < -0.4 is 5.34 Å². The largest absolute Gasteiger partial charge is 0.579 e. The number of hydrogen-bond acceptors (Lipinski definition) is 3. The Bertz CT molecular complexity index is 70.0. The Morgan fingerprint density at radius 3 is 2.56 bits per heavy atom. The summed E-state index contributed by atoms with van der Waals surface area (Å²) >= 11 is 0. The van der Waals surface area contributed by atoms with Crippen LogP contribution in [0.1, 0.15) is 13.3 Å². The second kappa shape index (κ2) is 4.69. The first-order valence-corrected chi connectivity index (χ1v) is 3.01. The van der Waals surface area contributed by atoms with Crippen LogP contribution in [0.3, 0.4) is 0 Å². The Morgan fingerprint density at radius 1 is 1.67 bits per heavy atom. The topological polar surface area (TPSA) is 40.0 Å². The average molecular weight is 134 g/mol. The monoisotopic (exact) mass is 134 g/mol. The smallest absolute Gasteiger partial charge is 0.0983 e. The van der Waals surface area contributed by atoms with Gasteiger partial charge in [0.1, 0.15) is 0 Å². The minimum Gasteiger partial charge on any atom is -0.579 e. The summed E-state index contributed by atoms with van der Waals surface area (Å²) in [5.41, 5.74) is 0. The summed E-state index contributed by atoms with van der Waals surface area (Å²) in [7, 11) is 3.10. The van der Waals surface area contributed by atoms with Crippen molar-refractivity contribution in [3.05, 3.63) is 5.21 Å². The van der Waals surface area contributed by atoms with E-state index in [-0.39, 0.29) is 5.34 Å². The minimum absolute atomic E-state index is 0.267. The van der Waals surface area contributed by atoms with Crippen molar-refractivity contribution in [1.82, 2.24) is 5.01 Å². The lowest BCUT2D eigenvalue weighted by atomic mass is 10.5. The van der Waals surface area contributed by atoms with Gasteiger partial charge in [-0.05, 0) is 6.42 Å². The van der Waals surface area contributed by atoms with Gasteiger partial charge in [-0.15, -0.1) is 10.3 Å². The second-order valence-corrected chi connectivity index (χ2v) is 1.89. The molecule has 0 bridgehead atoms. The van der Waals surface area contributed by atoms with E-state index in [0.29, 0.717) is 0 Å². The molecule has 0 radical (unpaired) electrons. The number of nitrogens with one attached hydrogen (secondary N) is 1. The maximum absolute atomic E-state index is 10.6. The first-order chi connectivity index (χ1) is 4.22. The van der Waals surface area contributed by atoms with Gasteiger partial charge in [0.25, 0.3) is 0 Å². The van der Waals surface area contributed by atoms with Gasteiger partial charge in [-0.25, -0.2) is 0 Å². The Hall–Kier alpha value is -0.160. The SMILES string of the molecule is CCCN(C)[NH+]([O-])OC. The Kier molecular flexibility index (Phi) is 4.61. The lowest BCUT2D eigenvalue weighted by Gasteiger charge is -2.25. The van der Waals surface area contributed by atoms with Gasteiger partial charge in [-0.2, -0.15) is 4.84 Å². The molecule has 0 heterocycles. The summed E-state index contributed by atoms with van der Waals surface area (Å²) in [6.07, 6.45) is 0.964. The lowest BCUT2D eigenvalue weighted by Crippen LogP contribution is -3.12. The summed E-state index contributed by atoms with van der Waals surface area (Å²) in [6.45, 7) is 2.77. The van der Waals surface area contributed by atoms with Crippen LogP contribution in [-0.2, 0) is 4.84 Å². The van der Waals surface area contributed by atoms with Crippen LogP contribution in [0, 0.1) is 5.21 Å². The van der Waals surface area contributed by atoms with Gasteiger partial charge in [0, 0.05) is 7.05 Å². The number of quaternary nitrogens is 1. The standard InChI is InChI=1S/C5H14N2O2/c1-4-5-6(2)7(8)9-3/h7H,4-5H2,1-3H3. The van der Waals surface area contributed by atoms with Crippen LogP contribution in [0.4, 0.5) is 0 Å². The van der Waals surface area contributed by atoms with Crippen molar-refractivity contribution in [1.29, 1.82) is 0 Å². The molecule has 0 aliphatic heterocycles. The zero-order chi connectivity index (χ0) is 7.28. The molecule has 56 valence electrons. The van der Waals surface area contributed by atoms with E-state index in [9.17, 15) is 5.21 Å². The Labute approximate surface area is 55.5 Å². The second-order valence-electron chi connectivity index (χ2n) is 1.89. The lowest BCUT2D eigenvalue weighted by molar-refractivity contribution is -1.14. The van der Waals surface area contributed by atoms with E-state index in [1.54, 1.807) is 12.1 Å². The van der Waals surface area contributed by atoms with Crippen LogP contribution >= 0.6 is 0 Å². The van der Waals surface area contributed by atoms with Crippen molar-refractivity contribution in [2.75, 3.05) is 20.7 Å². The molecule has 0 saturated heterocycles. The van der Waals surface area contributed by atoms with Crippen molar-refractivity contribution >= 4 is 0 Å². The third-order valence-electron chi connectivity index (χ3n) is 1.05. The first-order valence-electron chi connectivity index (χ1n) is 3.01. The Balaban J connectivity index is 3.32. The number of hydrogen-bond donors (Lipinski definition) is 1. The predicted octanol–water partition coefficient (Wildman–Crippen LogP) is -0.813. The van der Waals surface area contributed by atoms with E-state index in [1.807, 2.05) is 6.92 Å². The maximum atomic E-state index is 10.6. The van der Waals surface area contributed by atoms with Gasteiger partial charge in [-0.3, -0.25) is 0 Å². The zero-order valence-electron chi connectivity index (χ0n) is 6.18. The fourth-order valence-corrected chi connectivity index (χ4v) is 0.583. The molecule has 1 unspecified atom stereocenters. The molecule has 0 saturated carbocycles. The predicted molar refractivity (Wildman–Crippen MR) is 34.3 cm³/mol. The van der Waals surface area contributed by atoms with Gasteiger partial charge < -0.3 is 5.21 Å². The molecule has 4 heteroatoms. The van der Waals surface area contributed by atoms with Crippen LogP contribution in [0.5, 0.6) is 0 Å². The normalized spacial score (nSPS) is 14.3. The minimum atomic E-state index is -0.267. The van der Waals surface area contributed by atoms with Crippen molar-refractivity contribution in [2.24, 2.45) is 0 Å². The Morgan fingerprint density at radius 2 is 2.22 bits per heavy atom. The van der Waals surface area contributed by atoms with E-state index in [4.69, 9.17) is 0 Å². The van der Waals surface area contributed by atoms with E-state index in [1.165, 1.54) is 7.11 Å². The highest BCUT2D eigenvalue weighted by atomic mass is 16.9. The van der Waals surface area contributed by atoms with Gasteiger partial charge in [-0.1, -0.05) is 6.92 Å². The van der Waals surface area contributed by atoms with E-state index >= 15 is 0 Å². The fraction of sp³-hybridized carbons (Fsp3) is 1.00. The van der Waals surface area contributed by atoms with Gasteiger partial charge >= 0.3 is 0 Å². The molecule has 0 aliphatic rings. The molecule has 4 nitrogen and oxygen atoms in total. The molecule has 0 aliphatic carbocycles. The van der Waals surface area contributed by atoms with Crippen molar-refractivity contribution in [2.45, 2.75) is 13.3 Å². The molecule has 1 atom stereocenters. The molecular weight excluding hydrogens is 120 g/mol. The van der Waals surface area contributed by atoms with Crippen molar-refractivity contribution < 1.29 is 10.2 Å². The maximum Gasteiger partial charge on any atom is 0.0983 e.